The zero-order chi connectivity index (χ0) is 12.2. The summed E-state index contributed by atoms with van der Waals surface area (Å²) in [5, 5.41) is 0. The van der Waals surface area contributed by atoms with Gasteiger partial charge in [-0.15, -0.1) is 0 Å². The van der Waals surface area contributed by atoms with Crippen LogP contribution in [-0.4, -0.2) is 11.5 Å². The van der Waals surface area contributed by atoms with Gasteiger partial charge in [-0.25, -0.2) is 0 Å². The normalized spacial score (nSPS) is 41.1. The van der Waals surface area contributed by atoms with Crippen LogP contribution in [0.2, 0.25) is 0 Å². The molecule has 1 heterocycles. The van der Waals surface area contributed by atoms with Gasteiger partial charge >= 0.3 is 0 Å². The van der Waals surface area contributed by atoms with Crippen molar-refractivity contribution in [2.45, 2.75) is 31.6 Å². The number of fused-ring (bicyclic) bond motifs is 1. The fraction of sp³-hybridized carbons (Fsp3) is 0.529. The van der Waals surface area contributed by atoms with Crippen LogP contribution in [0.15, 0.2) is 36.4 Å². The lowest BCUT2D eigenvalue weighted by atomic mass is 9.48. The summed E-state index contributed by atoms with van der Waals surface area (Å²) in [5.74, 6) is 3.40. The topological polar surface area (TPSA) is 0 Å². The molecule has 18 heavy (non-hydrogen) atoms. The number of benzene rings is 1. The van der Waals surface area contributed by atoms with Gasteiger partial charge in [-0.2, -0.15) is 11.8 Å². The van der Waals surface area contributed by atoms with Gasteiger partial charge in [0.1, 0.15) is 0 Å². The number of allylic oxidation sites excluding steroid dienone is 2. The van der Waals surface area contributed by atoms with Crippen molar-refractivity contribution in [2.24, 2.45) is 11.3 Å². The highest BCUT2D eigenvalue weighted by Gasteiger charge is 2.60. The quantitative estimate of drug-likeness (QED) is 0.627. The molecule has 0 nitrogen and oxygen atoms in total. The van der Waals surface area contributed by atoms with E-state index in [1.54, 1.807) is 11.1 Å². The molecule has 1 fully saturated rings. The number of thioether (sulfide) groups is 1. The van der Waals surface area contributed by atoms with Crippen LogP contribution in [0.5, 0.6) is 0 Å². The van der Waals surface area contributed by atoms with E-state index in [9.17, 15) is 0 Å². The minimum Gasteiger partial charge on any atom is -0.160 e. The minimum absolute atomic E-state index is 0.432. The third-order valence-corrected chi connectivity index (χ3v) is 7.15. The van der Waals surface area contributed by atoms with E-state index in [4.69, 9.17) is 0 Å². The van der Waals surface area contributed by atoms with Crippen LogP contribution in [0.3, 0.4) is 0 Å². The Morgan fingerprint density at radius 2 is 2.11 bits per heavy atom. The van der Waals surface area contributed by atoms with E-state index < -0.39 is 0 Å². The first-order chi connectivity index (χ1) is 8.79. The molecular formula is C17H20S. The van der Waals surface area contributed by atoms with Crippen molar-refractivity contribution >= 4 is 11.8 Å². The third kappa shape index (κ3) is 1.15. The molecule has 0 radical (unpaired) electrons. The second kappa shape index (κ2) is 3.66. The van der Waals surface area contributed by atoms with E-state index in [2.05, 4.69) is 55.1 Å². The summed E-state index contributed by atoms with van der Waals surface area (Å²) in [5.41, 5.74) is 4.29. The smallest absolute Gasteiger partial charge is 0.0173 e. The summed E-state index contributed by atoms with van der Waals surface area (Å²) < 4.78 is 0. The predicted molar refractivity (Wildman–Crippen MR) is 79.1 cm³/mol. The van der Waals surface area contributed by atoms with Crippen LogP contribution in [0, 0.1) is 11.3 Å². The highest BCUT2D eigenvalue weighted by molar-refractivity contribution is 7.99. The third-order valence-electron chi connectivity index (χ3n) is 5.74. The Kier molecular flexibility index (Phi) is 2.27. The van der Waals surface area contributed by atoms with Crippen LogP contribution in [0.4, 0.5) is 0 Å². The van der Waals surface area contributed by atoms with Gasteiger partial charge in [0.2, 0.25) is 0 Å². The molecule has 1 aromatic carbocycles. The number of rotatable bonds is 0. The average molecular weight is 256 g/mol. The van der Waals surface area contributed by atoms with Crippen molar-refractivity contribution in [3.63, 3.8) is 0 Å². The van der Waals surface area contributed by atoms with Crippen LogP contribution < -0.4 is 0 Å². The number of hydrogen-bond donors (Lipinski definition) is 0. The van der Waals surface area contributed by atoms with Gasteiger partial charge in [0.05, 0.1) is 0 Å². The Balaban J connectivity index is 2.00. The Hall–Kier alpha value is -0.690. The fourth-order valence-corrected chi connectivity index (χ4v) is 6.82. The molecular weight excluding hydrogens is 236 g/mol. The van der Waals surface area contributed by atoms with Crippen LogP contribution in [-0.2, 0) is 11.8 Å². The van der Waals surface area contributed by atoms with Crippen molar-refractivity contribution in [1.82, 2.24) is 0 Å². The molecule has 94 valence electrons. The average Bonchev–Trinajstić information content (AvgIpc) is 2.81. The maximum absolute atomic E-state index is 2.48. The Morgan fingerprint density at radius 3 is 3.06 bits per heavy atom. The first-order valence-electron chi connectivity index (χ1n) is 7.11. The molecule has 2 aliphatic carbocycles. The standard InChI is InChI=1S/C17H20S/c1-13-5-4-9-16-10-8-14-6-2-3-7-15(14)17(13,16)12-18-11-16/h2-7,13H,8-12H2,1H3/t13-,16+,17-/m0/s1. The lowest BCUT2D eigenvalue weighted by Crippen LogP contribution is -2.53. The largest absolute Gasteiger partial charge is 0.160 e. The van der Waals surface area contributed by atoms with E-state index in [-0.39, 0.29) is 0 Å². The van der Waals surface area contributed by atoms with Crippen molar-refractivity contribution in [3.05, 3.63) is 47.5 Å². The Bertz CT molecular complexity index is 518. The zero-order valence-corrected chi connectivity index (χ0v) is 11.8. The molecule has 0 spiro atoms. The number of aryl methyl sites for hydroxylation is 1. The highest BCUT2D eigenvalue weighted by atomic mass is 32.2. The molecule has 0 bridgehead atoms. The monoisotopic (exact) mass is 256 g/mol. The summed E-state index contributed by atoms with van der Waals surface area (Å²) in [7, 11) is 0. The van der Waals surface area contributed by atoms with Crippen LogP contribution in [0.1, 0.15) is 30.9 Å². The van der Waals surface area contributed by atoms with Crippen molar-refractivity contribution in [3.8, 4) is 0 Å². The Labute approximate surface area is 114 Å². The molecule has 0 saturated carbocycles. The van der Waals surface area contributed by atoms with Gasteiger partial charge in [-0.05, 0) is 41.7 Å². The second-order valence-corrected chi connectivity index (χ2v) is 7.31. The van der Waals surface area contributed by atoms with E-state index in [1.165, 1.54) is 30.8 Å². The van der Waals surface area contributed by atoms with Crippen LogP contribution in [0.25, 0.3) is 0 Å². The van der Waals surface area contributed by atoms with Gasteiger partial charge in [0, 0.05) is 16.9 Å². The first kappa shape index (κ1) is 11.2. The van der Waals surface area contributed by atoms with Gasteiger partial charge < -0.3 is 0 Å². The molecule has 0 N–H and O–H groups in total. The zero-order valence-electron chi connectivity index (χ0n) is 11.0. The summed E-state index contributed by atoms with van der Waals surface area (Å²) in [6.07, 6.45) is 8.93. The van der Waals surface area contributed by atoms with Crippen molar-refractivity contribution in [2.75, 3.05) is 11.5 Å². The summed E-state index contributed by atoms with van der Waals surface area (Å²) in [6.45, 7) is 2.44. The molecule has 0 unspecified atom stereocenters. The fourth-order valence-electron chi connectivity index (χ4n) is 4.76. The number of hydrogen-bond acceptors (Lipinski definition) is 1. The minimum atomic E-state index is 0.432. The molecule has 1 saturated heterocycles. The van der Waals surface area contributed by atoms with E-state index in [0.29, 0.717) is 16.7 Å². The van der Waals surface area contributed by atoms with E-state index >= 15 is 0 Å². The van der Waals surface area contributed by atoms with Crippen molar-refractivity contribution < 1.29 is 0 Å². The van der Waals surface area contributed by atoms with Gasteiger partial charge in [-0.3, -0.25) is 0 Å². The molecule has 0 amide bonds. The Morgan fingerprint density at radius 1 is 1.22 bits per heavy atom. The molecule has 1 aliphatic heterocycles. The first-order valence-corrected chi connectivity index (χ1v) is 8.27. The summed E-state index contributed by atoms with van der Waals surface area (Å²) in [6, 6.07) is 9.25. The van der Waals surface area contributed by atoms with Gasteiger partial charge in [0.15, 0.2) is 0 Å². The van der Waals surface area contributed by atoms with E-state index in [0.717, 1.165) is 0 Å². The van der Waals surface area contributed by atoms with Crippen LogP contribution >= 0.6 is 11.8 Å². The van der Waals surface area contributed by atoms with Gasteiger partial charge in [0.25, 0.3) is 0 Å². The molecule has 0 aromatic heterocycles. The highest BCUT2D eigenvalue weighted by Crippen LogP contribution is 2.64. The maximum atomic E-state index is 2.48. The summed E-state index contributed by atoms with van der Waals surface area (Å²) in [4.78, 5) is 0. The lowest BCUT2D eigenvalue weighted by molar-refractivity contribution is 0.103. The van der Waals surface area contributed by atoms with Gasteiger partial charge in [-0.1, -0.05) is 43.3 Å². The van der Waals surface area contributed by atoms with Crippen molar-refractivity contribution in [1.29, 1.82) is 0 Å². The molecule has 3 atom stereocenters. The molecule has 3 aliphatic rings. The second-order valence-electron chi connectivity index (χ2n) is 6.32. The summed E-state index contributed by atoms with van der Waals surface area (Å²) >= 11 is 2.19. The molecule has 4 rings (SSSR count). The molecule has 1 aromatic rings. The lowest BCUT2D eigenvalue weighted by Gasteiger charge is -2.54. The molecule has 1 heteroatoms. The SMILES string of the molecule is C[C@H]1C=CC[C@]23CCc4ccccc4[C@]12CSC3. The van der Waals surface area contributed by atoms with E-state index in [1.807, 2.05) is 0 Å². The maximum Gasteiger partial charge on any atom is 0.0173 e. The predicted octanol–water partition coefficient (Wildman–Crippen LogP) is 4.20.